The number of amides is 1. The molecule has 1 amide bonds. The summed E-state index contributed by atoms with van der Waals surface area (Å²) >= 11 is 6.14. The zero-order chi connectivity index (χ0) is 19.4. The van der Waals surface area contributed by atoms with Gasteiger partial charge in [-0.3, -0.25) is 4.79 Å². The fourth-order valence-electron chi connectivity index (χ4n) is 2.54. The third kappa shape index (κ3) is 4.49. The topological polar surface area (TPSA) is 127 Å². The number of nitrogens with one attached hydrogen (secondary N) is 1. The van der Waals surface area contributed by atoms with Gasteiger partial charge in [-0.2, -0.15) is 0 Å². The number of aromatic nitrogens is 2. The van der Waals surface area contributed by atoms with Crippen LogP contribution in [-0.4, -0.2) is 40.2 Å². The van der Waals surface area contributed by atoms with Gasteiger partial charge < -0.3 is 20.9 Å². The van der Waals surface area contributed by atoms with Gasteiger partial charge in [0, 0.05) is 16.0 Å². The van der Waals surface area contributed by atoms with Crippen molar-refractivity contribution in [3.63, 3.8) is 0 Å². The molecule has 0 atom stereocenters. The highest BCUT2D eigenvalue weighted by Crippen LogP contribution is 2.34. The van der Waals surface area contributed by atoms with Crippen molar-refractivity contribution in [1.29, 1.82) is 0 Å². The maximum Gasteiger partial charge on any atom is 0.329 e. The predicted molar refractivity (Wildman–Crippen MR) is 101 cm³/mol. The van der Waals surface area contributed by atoms with Gasteiger partial charge >= 0.3 is 5.97 Å². The average molecular weight is 387 g/mol. The quantitative estimate of drug-likeness (QED) is 0.594. The van der Waals surface area contributed by atoms with Gasteiger partial charge in [-0.05, 0) is 24.3 Å². The van der Waals surface area contributed by atoms with Gasteiger partial charge in [-0.1, -0.05) is 29.8 Å². The molecule has 3 aromatic rings. The Morgan fingerprint density at radius 3 is 2.70 bits per heavy atom. The minimum absolute atomic E-state index is 0.0887. The molecule has 0 spiro atoms. The van der Waals surface area contributed by atoms with E-state index in [4.69, 9.17) is 27.2 Å². The molecular formula is C18H15ClN4O4. The molecule has 0 aliphatic rings. The highest BCUT2D eigenvalue weighted by molar-refractivity contribution is 6.31. The van der Waals surface area contributed by atoms with E-state index in [0.29, 0.717) is 27.5 Å². The van der Waals surface area contributed by atoms with Crippen LogP contribution in [-0.2, 0) is 14.3 Å². The largest absolute Gasteiger partial charge is 0.480 e. The summed E-state index contributed by atoms with van der Waals surface area (Å²) in [6.45, 7) is -0.963. The van der Waals surface area contributed by atoms with Crippen molar-refractivity contribution >= 4 is 46.0 Å². The standard InChI is InChI=1S/C18H15ClN4O4/c19-10-5-6-14(21-15(24)8-27-9-16(25)26)12(7-10)17-11-3-1-2-4-13(11)22-18(20)23-17/h1-7H,8-9H2,(H,21,24)(H,25,26)(H2,20,22,23). The first-order valence-corrected chi connectivity index (χ1v) is 8.23. The smallest absolute Gasteiger partial charge is 0.329 e. The molecule has 0 aliphatic heterocycles. The van der Waals surface area contributed by atoms with Crippen molar-refractivity contribution in [3.05, 3.63) is 47.5 Å². The van der Waals surface area contributed by atoms with Crippen molar-refractivity contribution < 1.29 is 19.4 Å². The van der Waals surface area contributed by atoms with Crippen LogP contribution in [0.1, 0.15) is 0 Å². The molecular weight excluding hydrogens is 372 g/mol. The number of ether oxygens (including phenoxy) is 1. The Morgan fingerprint density at radius 2 is 1.93 bits per heavy atom. The van der Waals surface area contributed by atoms with E-state index in [1.165, 1.54) is 0 Å². The van der Waals surface area contributed by atoms with Gasteiger partial charge in [-0.15, -0.1) is 0 Å². The van der Waals surface area contributed by atoms with E-state index < -0.39 is 25.1 Å². The highest BCUT2D eigenvalue weighted by atomic mass is 35.5. The van der Waals surface area contributed by atoms with Crippen molar-refractivity contribution in [2.75, 3.05) is 24.3 Å². The van der Waals surface area contributed by atoms with Gasteiger partial charge in [0.1, 0.15) is 13.2 Å². The Bertz CT molecular complexity index is 1030. The summed E-state index contributed by atoms with van der Waals surface area (Å²) < 4.78 is 4.80. The second-order valence-corrected chi connectivity index (χ2v) is 6.01. The van der Waals surface area contributed by atoms with Crippen LogP contribution in [0.4, 0.5) is 11.6 Å². The molecule has 1 aromatic heterocycles. The van der Waals surface area contributed by atoms with Crippen LogP contribution >= 0.6 is 11.6 Å². The lowest BCUT2D eigenvalue weighted by Gasteiger charge is -2.13. The Labute approximate surface area is 158 Å². The second kappa shape index (κ2) is 7.98. The second-order valence-electron chi connectivity index (χ2n) is 5.57. The third-order valence-corrected chi connectivity index (χ3v) is 3.83. The molecule has 0 radical (unpaired) electrons. The highest BCUT2D eigenvalue weighted by Gasteiger charge is 2.15. The van der Waals surface area contributed by atoms with Gasteiger partial charge in [0.05, 0.1) is 16.9 Å². The maximum absolute atomic E-state index is 12.1. The molecule has 0 unspecified atom stereocenters. The number of hydrogen-bond donors (Lipinski definition) is 3. The summed E-state index contributed by atoms with van der Waals surface area (Å²) in [6, 6.07) is 12.2. The van der Waals surface area contributed by atoms with Crippen molar-refractivity contribution in [2.24, 2.45) is 0 Å². The number of fused-ring (bicyclic) bond motifs is 1. The number of halogens is 1. The molecule has 138 valence electrons. The SMILES string of the molecule is Nc1nc(-c2cc(Cl)ccc2NC(=O)COCC(=O)O)c2ccccc2n1. The molecule has 4 N–H and O–H groups in total. The molecule has 27 heavy (non-hydrogen) atoms. The number of para-hydroxylation sites is 1. The molecule has 8 nitrogen and oxygen atoms in total. The van der Waals surface area contributed by atoms with E-state index in [0.717, 1.165) is 5.39 Å². The molecule has 0 bridgehead atoms. The number of nitrogen functional groups attached to an aromatic ring is 1. The number of hydrogen-bond acceptors (Lipinski definition) is 6. The number of benzene rings is 2. The molecule has 3 rings (SSSR count). The molecule has 1 heterocycles. The van der Waals surface area contributed by atoms with Crippen LogP contribution in [0.25, 0.3) is 22.2 Å². The van der Waals surface area contributed by atoms with Crippen molar-refractivity contribution in [1.82, 2.24) is 9.97 Å². The van der Waals surface area contributed by atoms with Crippen molar-refractivity contribution in [2.45, 2.75) is 0 Å². The van der Waals surface area contributed by atoms with Gasteiger partial charge in [0.25, 0.3) is 0 Å². The van der Waals surface area contributed by atoms with Crippen molar-refractivity contribution in [3.8, 4) is 11.3 Å². The van der Waals surface area contributed by atoms with E-state index >= 15 is 0 Å². The normalized spacial score (nSPS) is 10.7. The number of rotatable bonds is 6. The molecule has 0 saturated heterocycles. The monoisotopic (exact) mass is 386 g/mol. The van der Waals surface area contributed by atoms with E-state index in [-0.39, 0.29) is 5.95 Å². The fourth-order valence-corrected chi connectivity index (χ4v) is 2.71. The summed E-state index contributed by atoms with van der Waals surface area (Å²) in [4.78, 5) is 31.1. The summed E-state index contributed by atoms with van der Waals surface area (Å²) in [5.74, 6) is -1.57. The summed E-state index contributed by atoms with van der Waals surface area (Å²) in [6.07, 6.45) is 0. The first-order valence-electron chi connectivity index (χ1n) is 7.85. The average Bonchev–Trinajstić information content (AvgIpc) is 2.62. The minimum atomic E-state index is -1.15. The van der Waals surface area contributed by atoms with Crippen LogP contribution in [0.3, 0.4) is 0 Å². The minimum Gasteiger partial charge on any atom is -0.480 e. The van der Waals surface area contributed by atoms with E-state index in [1.807, 2.05) is 18.2 Å². The van der Waals surface area contributed by atoms with E-state index in [9.17, 15) is 9.59 Å². The molecule has 0 saturated carbocycles. The predicted octanol–water partition coefficient (Wildman–Crippen LogP) is 2.57. The first kappa shape index (κ1) is 18.6. The summed E-state index contributed by atoms with van der Waals surface area (Å²) in [5.41, 5.74) is 7.99. The Morgan fingerprint density at radius 1 is 1.15 bits per heavy atom. The van der Waals surface area contributed by atoms with Crippen LogP contribution in [0, 0.1) is 0 Å². The number of carbonyl (C=O) groups is 2. The Hall–Kier alpha value is -3.23. The lowest BCUT2D eigenvalue weighted by Crippen LogP contribution is -2.21. The number of anilines is 2. The molecule has 9 heteroatoms. The van der Waals surface area contributed by atoms with Crippen LogP contribution in [0.15, 0.2) is 42.5 Å². The molecule has 0 aliphatic carbocycles. The number of carboxylic acids is 1. The summed E-state index contributed by atoms with van der Waals surface area (Å²) in [7, 11) is 0. The maximum atomic E-state index is 12.1. The van der Waals surface area contributed by atoms with Gasteiger partial charge in [0.15, 0.2) is 0 Å². The Balaban J connectivity index is 1.98. The van der Waals surface area contributed by atoms with Crippen LogP contribution in [0.5, 0.6) is 0 Å². The van der Waals surface area contributed by atoms with E-state index in [1.54, 1.807) is 24.3 Å². The van der Waals surface area contributed by atoms with Crippen LogP contribution in [0.2, 0.25) is 5.02 Å². The number of nitrogens with two attached hydrogens (primary N) is 1. The number of carboxylic acid groups (broad SMARTS) is 1. The molecule has 0 fully saturated rings. The van der Waals surface area contributed by atoms with Gasteiger partial charge in [-0.25, -0.2) is 14.8 Å². The van der Waals surface area contributed by atoms with Gasteiger partial charge in [0.2, 0.25) is 11.9 Å². The zero-order valence-corrected chi connectivity index (χ0v) is 14.7. The fraction of sp³-hybridized carbons (Fsp3) is 0.111. The van der Waals surface area contributed by atoms with E-state index in [2.05, 4.69) is 15.3 Å². The summed E-state index contributed by atoms with van der Waals surface area (Å²) in [5, 5.41) is 12.4. The first-order chi connectivity index (χ1) is 12.9. The van der Waals surface area contributed by atoms with Crippen LogP contribution < -0.4 is 11.1 Å². The lowest BCUT2D eigenvalue weighted by atomic mass is 10.0. The zero-order valence-electron chi connectivity index (χ0n) is 14.0. The Kier molecular flexibility index (Phi) is 5.49. The molecule has 2 aromatic carbocycles. The number of carbonyl (C=O) groups excluding carboxylic acids is 1. The number of aliphatic carboxylic acids is 1. The number of nitrogens with zero attached hydrogens (tertiary/aromatic N) is 2. The lowest BCUT2D eigenvalue weighted by molar-refractivity contribution is -0.143. The third-order valence-electron chi connectivity index (χ3n) is 3.59.